The van der Waals surface area contributed by atoms with Crippen molar-refractivity contribution in [1.29, 1.82) is 0 Å². The van der Waals surface area contributed by atoms with E-state index < -0.39 is 0 Å². The highest BCUT2D eigenvalue weighted by Gasteiger charge is 2.25. The number of nitrogens with two attached hydrogens (primary N) is 1. The van der Waals surface area contributed by atoms with Crippen molar-refractivity contribution in [3.05, 3.63) is 0 Å². The molecule has 0 aromatic carbocycles. The summed E-state index contributed by atoms with van der Waals surface area (Å²) in [5, 5.41) is 0. The Hall–Kier alpha value is -0.570. The first-order chi connectivity index (χ1) is 9.16. The number of nitrogens with zero attached hydrogens (tertiary/aromatic N) is 1. The molecule has 1 amide bonds. The van der Waals surface area contributed by atoms with Crippen LogP contribution in [0, 0.1) is 11.8 Å². The molecule has 2 saturated carbocycles. The molecule has 0 saturated heterocycles. The molecule has 0 aromatic heterocycles. The predicted molar refractivity (Wildman–Crippen MR) is 78.8 cm³/mol. The van der Waals surface area contributed by atoms with Crippen LogP contribution in [0.4, 0.5) is 0 Å². The van der Waals surface area contributed by atoms with Gasteiger partial charge in [0.25, 0.3) is 0 Å². The number of carbonyl (C=O) groups is 1. The average molecular weight is 266 g/mol. The topological polar surface area (TPSA) is 46.3 Å². The van der Waals surface area contributed by atoms with Crippen LogP contribution in [0.15, 0.2) is 0 Å². The van der Waals surface area contributed by atoms with Gasteiger partial charge < -0.3 is 10.6 Å². The van der Waals surface area contributed by atoms with Crippen LogP contribution < -0.4 is 5.73 Å². The van der Waals surface area contributed by atoms with Crippen molar-refractivity contribution in [3.8, 4) is 0 Å². The molecule has 0 spiro atoms. The molecule has 3 nitrogen and oxygen atoms in total. The average Bonchev–Trinajstić information content (AvgIpc) is 2.91. The Morgan fingerprint density at radius 3 is 2.21 bits per heavy atom. The van der Waals surface area contributed by atoms with Gasteiger partial charge in [0, 0.05) is 13.6 Å². The van der Waals surface area contributed by atoms with Crippen LogP contribution in [0.1, 0.15) is 64.2 Å². The fraction of sp³-hybridized carbons (Fsp3) is 0.938. The second-order valence-electron chi connectivity index (χ2n) is 6.72. The van der Waals surface area contributed by atoms with Gasteiger partial charge in [0.2, 0.25) is 5.91 Å². The van der Waals surface area contributed by atoms with E-state index in [0.29, 0.717) is 5.92 Å². The molecule has 0 heterocycles. The van der Waals surface area contributed by atoms with E-state index in [2.05, 4.69) is 0 Å². The van der Waals surface area contributed by atoms with Gasteiger partial charge in [-0.1, -0.05) is 44.9 Å². The van der Waals surface area contributed by atoms with Gasteiger partial charge in [0.05, 0.1) is 6.04 Å². The van der Waals surface area contributed by atoms with E-state index in [1.54, 1.807) is 0 Å². The molecule has 2 N–H and O–H groups in total. The molecule has 1 unspecified atom stereocenters. The number of hydrogen-bond donors (Lipinski definition) is 1. The highest BCUT2D eigenvalue weighted by molar-refractivity contribution is 5.81. The standard InChI is InChI=1S/C16H30N2O/c1-18(12-14-9-5-6-10-14)16(19)15(17)11-13-7-3-2-4-8-13/h13-15H,2-12,17H2,1H3. The fourth-order valence-corrected chi connectivity index (χ4v) is 3.84. The zero-order chi connectivity index (χ0) is 13.7. The van der Waals surface area contributed by atoms with Gasteiger partial charge in [-0.25, -0.2) is 0 Å². The van der Waals surface area contributed by atoms with E-state index >= 15 is 0 Å². The summed E-state index contributed by atoms with van der Waals surface area (Å²) in [4.78, 5) is 14.2. The van der Waals surface area contributed by atoms with Gasteiger partial charge in [0.1, 0.15) is 0 Å². The van der Waals surface area contributed by atoms with Gasteiger partial charge in [-0.05, 0) is 31.1 Å². The zero-order valence-corrected chi connectivity index (χ0v) is 12.4. The van der Waals surface area contributed by atoms with Crippen molar-refractivity contribution in [2.45, 2.75) is 70.3 Å². The molecule has 2 fully saturated rings. The van der Waals surface area contributed by atoms with Crippen LogP contribution >= 0.6 is 0 Å². The van der Waals surface area contributed by atoms with E-state index in [0.717, 1.165) is 18.9 Å². The number of hydrogen-bond acceptors (Lipinski definition) is 2. The van der Waals surface area contributed by atoms with Crippen LogP contribution in [-0.4, -0.2) is 30.4 Å². The highest BCUT2D eigenvalue weighted by atomic mass is 16.2. The lowest BCUT2D eigenvalue weighted by molar-refractivity contribution is -0.132. The number of amides is 1. The van der Waals surface area contributed by atoms with Crippen molar-refractivity contribution in [2.75, 3.05) is 13.6 Å². The zero-order valence-electron chi connectivity index (χ0n) is 12.4. The van der Waals surface area contributed by atoms with Crippen LogP contribution in [-0.2, 0) is 4.79 Å². The third kappa shape index (κ3) is 4.48. The van der Waals surface area contributed by atoms with Crippen LogP contribution in [0.5, 0.6) is 0 Å². The summed E-state index contributed by atoms with van der Waals surface area (Å²) in [6.07, 6.45) is 12.7. The first kappa shape index (κ1) is 14.8. The summed E-state index contributed by atoms with van der Waals surface area (Å²) < 4.78 is 0. The van der Waals surface area contributed by atoms with E-state index in [9.17, 15) is 4.79 Å². The summed E-state index contributed by atoms with van der Waals surface area (Å²) in [7, 11) is 1.93. The monoisotopic (exact) mass is 266 g/mol. The first-order valence-electron chi connectivity index (χ1n) is 8.17. The van der Waals surface area contributed by atoms with Gasteiger partial charge >= 0.3 is 0 Å². The second kappa shape index (κ2) is 7.28. The predicted octanol–water partition coefficient (Wildman–Crippen LogP) is 2.93. The third-order valence-corrected chi connectivity index (χ3v) is 5.01. The van der Waals surface area contributed by atoms with Gasteiger partial charge in [-0.15, -0.1) is 0 Å². The lowest BCUT2D eigenvalue weighted by Crippen LogP contribution is -2.44. The van der Waals surface area contributed by atoms with Crippen molar-refractivity contribution >= 4 is 5.91 Å². The lowest BCUT2D eigenvalue weighted by Gasteiger charge is -2.28. The Labute approximate surface area is 117 Å². The molecular formula is C16H30N2O. The Bertz CT molecular complexity index is 280. The minimum Gasteiger partial charge on any atom is -0.344 e. The summed E-state index contributed by atoms with van der Waals surface area (Å²) in [6, 6.07) is -0.269. The molecule has 0 aromatic rings. The Morgan fingerprint density at radius 1 is 1.05 bits per heavy atom. The van der Waals surface area contributed by atoms with Crippen molar-refractivity contribution < 1.29 is 4.79 Å². The molecular weight excluding hydrogens is 236 g/mol. The van der Waals surface area contributed by atoms with E-state index in [1.165, 1.54) is 57.8 Å². The number of carbonyl (C=O) groups excluding carboxylic acids is 1. The molecule has 1 atom stereocenters. The quantitative estimate of drug-likeness (QED) is 0.831. The SMILES string of the molecule is CN(CC1CCCC1)C(=O)C(N)CC1CCCCC1. The molecule has 110 valence electrons. The Balaban J connectivity index is 1.73. The fourth-order valence-electron chi connectivity index (χ4n) is 3.84. The largest absolute Gasteiger partial charge is 0.344 e. The smallest absolute Gasteiger partial charge is 0.239 e. The number of likely N-dealkylation sites (N-methyl/N-ethyl adjacent to an activating group) is 1. The summed E-state index contributed by atoms with van der Waals surface area (Å²) in [5.74, 6) is 1.57. The molecule has 3 heteroatoms. The molecule has 2 rings (SSSR count). The van der Waals surface area contributed by atoms with Gasteiger partial charge in [-0.3, -0.25) is 4.79 Å². The maximum atomic E-state index is 12.3. The van der Waals surface area contributed by atoms with Crippen molar-refractivity contribution in [2.24, 2.45) is 17.6 Å². The maximum absolute atomic E-state index is 12.3. The second-order valence-corrected chi connectivity index (χ2v) is 6.72. The lowest BCUT2D eigenvalue weighted by atomic mass is 9.85. The van der Waals surface area contributed by atoms with E-state index in [4.69, 9.17) is 5.73 Å². The van der Waals surface area contributed by atoms with Crippen LogP contribution in [0.25, 0.3) is 0 Å². The molecule has 0 aliphatic heterocycles. The molecule has 0 bridgehead atoms. The van der Waals surface area contributed by atoms with Gasteiger partial charge in [0.15, 0.2) is 0 Å². The summed E-state index contributed by atoms with van der Waals surface area (Å²) in [5.41, 5.74) is 6.13. The van der Waals surface area contributed by atoms with Crippen LogP contribution in [0.2, 0.25) is 0 Å². The van der Waals surface area contributed by atoms with Crippen LogP contribution in [0.3, 0.4) is 0 Å². The Kier molecular flexibility index (Phi) is 5.68. The Morgan fingerprint density at radius 2 is 1.58 bits per heavy atom. The molecule has 2 aliphatic rings. The summed E-state index contributed by atoms with van der Waals surface area (Å²) >= 11 is 0. The summed E-state index contributed by atoms with van der Waals surface area (Å²) in [6.45, 7) is 0.914. The van der Waals surface area contributed by atoms with Gasteiger partial charge in [-0.2, -0.15) is 0 Å². The minimum atomic E-state index is -0.269. The first-order valence-corrected chi connectivity index (χ1v) is 8.17. The number of rotatable bonds is 5. The molecule has 0 radical (unpaired) electrons. The highest BCUT2D eigenvalue weighted by Crippen LogP contribution is 2.28. The van der Waals surface area contributed by atoms with Crippen molar-refractivity contribution in [3.63, 3.8) is 0 Å². The third-order valence-electron chi connectivity index (χ3n) is 5.01. The maximum Gasteiger partial charge on any atom is 0.239 e. The minimum absolute atomic E-state index is 0.164. The molecule has 2 aliphatic carbocycles. The van der Waals surface area contributed by atoms with Crippen molar-refractivity contribution in [1.82, 2.24) is 4.90 Å². The molecule has 19 heavy (non-hydrogen) atoms. The van der Waals surface area contributed by atoms with E-state index in [-0.39, 0.29) is 11.9 Å². The normalized spacial score (nSPS) is 23.5. The van der Waals surface area contributed by atoms with E-state index in [1.807, 2.05) is 11.9 Å².